The molecule has 25 heavy (non-hydrogen) atoms. The van der Waals surface area contributed by atoms with Crippen molar-refractivity contribution in [1.82, 2.24) is 0 Å². The van der Waals surface area contributed by atoms with Crippen LogP contribution in [0.5, 0.6) is 0 Å². The molecule has 0 bridgehead atoms. The van der Waals surface area contributed by atoms with Crippen molar-refractivity contribution in [1.29, 1.82) is 0 Å². The number of nitrogens with zero attached hydrogens (tertiary/aromatic N) is 1. The molecule has 6 heteroatoms. The Bertz CT molecular complexity index is 931. The van der Waals surface area contributed by atoms with E-state index in [1.807, 2.05) is 0 Å². The molecule has 0 unspecified atom stereocenters. The zero-order chi connectivity index (χ0) is 18.0. The predicted octanol–water partition coefficient (Wildman–Crippen LogP) is 3.53. The van der Waals surface area contributed by atoms with Crippen LogP contribution in [0.3, 0.4) is 0 Å². The van der Waals surface area contributed by atoms with Gasteiger partial charge in [0, 0.05) is 23.3 Å². The van der Waals surface area contributed by atoms with Crippen molar-refractivity contribution in [2.45, 2.75) is 6.18 Å². The Kier molecular flexibility index (Phi) is 4.15. The summed E-state index contributed by atoms with van der Waals surface area (Å²) in [4.78, 5) is 24.4. The lowest BCUT2D eigenvalue weighted by molar-refractivity contribution is -0.137. The lowest BCUT2D eigenvalue weighted by Crippen LogP contribution is -2.29. The summed E-state index contributed by atoms with van der Waals surface area (Å²) in [6, 6.07) is 11.1. The standard InChI is InChI=1S/C19H10F3NO2/c20-19(21,22)15-5-1-3-13(11-15)7-8-14-4-2-6-16(12-14)23-17(24)9-10-18(23)25/h1-6,9-12H. The lowest BCUT2D eigenvalue weighted by atomic mass is 10.1. The van der Waals surface area contributed by atoms with Crippen LogP contribution in [-0.4, -0.2) is 11.8 Å². The molecule has 2 aromatic carbocycles. The lowest BCUT2D eigenvalue weighted by Gasteiger charge is -2.13. The molecule has 2 aromatic rings. The van der Waals surface area contributed by atoms with Gasteiger partial charge in [-0.3, -0.25) is 9.59 Å². The number of imide groups is 1. The van der Waals surface area contributed by atoms with Gasteiger partial charge in [-0.2, -0.15) is 13.2 Å². The van der Waals surface area contributed by atoms with Crippen LogP contribution >= 0.6 is 0 Å². The second-order valence-corrected chi connectivity index (χ2v) is 5.22. The van der Waals surface area contributed by atoms with Crippen molar-refractivity contribution in [3.05, 3.63) is 77.4 Å². The molecule has 0 N–H and O–H groups in total. The number of amides is 2. The van der Waals surface area contributed by atoms with Crippen molar-refractivity contribution >= 4 is 17.5 Å². The van der Waals surface area contributed by atoms with E-state index < -0.39 is 23.6 Å². The van der Waals surface area contributed by atoms with Gasteiger partial charge in [0.2, 0.25) is 0 Å². The molecule has 1 heterocycles. The maximum absolute atomic E-state index is 12.7. The smallest absolute Gasteiger partial charge is 0.269 e. The minimum atomic E-state index is -4.43. The maximum atomic E-state index is 12.7. The van der Waals surface area contributed by atoms with E-state index in [2.05, 4.69) is 11.8 Å². The fraction of sp³-hybridized carbons (Fsp3) is 0.0526. The number of alkyl halides is 3. The molecule has 0 saturated heterocycles. The number of halogens is 3. The Balaban J connectivity index is 1.88. The molecule has 0 radical (unpaired) electrons. The van der Waals surface area contributed by atoms with Gasteiger partial charge in [-0.25, -0.2) is 4.90 Å². The van der Waals surface area contributed by atoms with E-state index in [1.165, 1.54) is 30.4 Å². The van der Waals surface area contributed by atoms with Crippen molar-refractivity contribution in [3.63, 3.8) is 0 Å². The van der Waals surface area contributed by atoms with Crippen LogP contribution in [0, 0.1) is 11.8 Å². The fourth-order valence-corrected chi connectivity index (χ4v) is 2.30. The monoisotopic (exact) mass is 341 g/mol. The van der Waals surface area contributed by atoms with E-state index in [4.69, 9.17) is 0 Å². The largest absolute Gasteiger partial charge is 0.416 e. The average Bonchev–Trinajstić information content (AvgIpc) is 2.91. The number of hydrogen-bond acceptors (Lipinski definition) is 2. The Morgan fingerprint density at radius 3 is 1.96 bits per heavy atom. The third-order valence-electron chi connectivity index (χ3n) is 3.45. The van der Waals surface area contributed by atoms with Gasteiger partial charge >= 0.3 is 6.18 Å². The highest BCUT2D eigenvalue weighted by Gasteiger charge is 2.30. The van der Waals surface area contributed by atoms with E-state index in [1.54, 1.807) is 18.2 Å². The number of rotatable bonds is 1. The summed E-state index contributed by atoms with van der Waals surface area (Å²) in [6.07, 6.45) is -2.09. The highest BCUT2D eigenvalue weighted by molar-refractivity contribution is 6.28. The number of benzene rings is 2. The zero-order valence-corrected chi connectivity index (χ0v) is 12.7. The van der Waals surface area contributed by atoms with Gasteiger partial charge < -0.3 is 0 Å². The van der Waals surface area contributed by atoms with E-state index in [-0.39, 0.29) is 5.56 Å². The van der Waals surface area contributed by atoms with Gasteiger partial charge in [-0.05, 0) is 36.4 Å². The molecule has 0 fully saturated rings. The van der Waals surface area contributed by atoms with Gasteiger partial charge in [-0.15, -0.1) is 0 Å². The van der Waals surface area contributed by atoms with Crippen LogP contribution in [0.15, 0.2) is 60.7 Å². The molecule has 3 rings (SSSR count). The van der Waals surface area contributed by atoms with E-state index >= 15 is 0 Å². The van der Waals surface area contributed by atoms with Crippen LogP contribution in [0.4, 0.5) is 18.9 Å². The molecule has 0 spiro atoms. The first kappa shape index (κ1) is 16.5. The van der Waals surface area contributed by atoms with E-state index in [0.717, 1.165) is 17.0 Å². The summed E-state index contributed by atoms with van der Waals surface area (Å²) in [6.45, 7) is 0. The maximum Gasteiger partial charge on any atom is 0.416 e. The first-order chi connectivity index (χ1) is 11.8. The van der Waals surface area contributed by atoms with Gasteiger partial charge in [0.15, 0.2) is 0 Å². The van der Waals surface area contributed by atoms with Crippen molar-refractivity contribution < 1.29 is 22.8 Å². The van der Waals surface area contributed by atoms with Crippen molar-refractivity contribution in [2.24, 2.45) is 0 Å². The van der Waals surface area contributed by atoms with Crippen molar-refractivity contribution in [2.75, 3.05) is 4.90 Å². The number of hydrogen-bond donors (Lipinski definition) is 0. The summed E-state index contributed by atoms with van der Waals surface area (Å²) in [5, 5.41) is 0. The van der Waals surface area contributed by atoms with Gasteiger partial charge in [0.05, 0.1) is 11.3 Å². The molecular weight excluding hydrogens is 331 g/mol. The summed E-state index contributed by atoms with van der Waals surface area (Å²) in [5.74, 6) is 4.50. The third-order valence-corrected chi connectivity index (χ3v) is 3.45. The summed E-state index contributed by atoms with van der Waals surface area (Å²) in [5.41, 5.74) is 0.279. The van der Waals surface area contributed by atoms with Crippen LogP contribution in [0.25, 0.3) is 0 Å². The first-order valence-corrected chi connectivity index (χ1v) is 7.20. The Morgan fingerprint density at radius 2 is 1.36 bits per heavy atom. The quantitative estimate of drug-likeness (QED) is 0.588. The molecule has 0 atom stereocenters. The minimum absolute atomic E-state index is 0.218. The van der Waals surface area contributed by atoms with Crippen LogP contribution in [-0.2, 0) is 15.8 Å². The molecule has 0 saturated carbocycles. The first-order valence-electron chi connectivity index (χ1n) is 7.20. The Hall–Kier alpha value is -3.33. The van der Waals surface area contributed by atoms with Gasteiger partial charge in [0.25, 0.3) is 11.8 Å². The van der Waals surface area contributed by atoms with Crippen LogP contribution < -0.4 is 4.90 Å². The highest BCUT2D eigenvalue weighted by atomic mass is 19.4. The highest BCUT2D eigenvalue weighted by Crippen LogP contribution is 2.29. The summed E-state index contributed by atoms with van der Waals surface area (Å²) >= 11 is 0. The molecule has 1 aliphatic heterocycles. The summed E-state index contributed by atoms with van der Waals surface area (Å²) < 4.78 is 38.1. The van der Waals surface area contributed by atoms with Crippen molar-refractivity contribution in [3.8, 4) is 11.8 Å². The van der Waals surface area contributed by atoms with E-state index in [0.29, 0.717) is 11.3 Å². The van der Waals surface area contributed by atoms with Gasteiger partial charge in [-0.1, -0.05) is 24.0 Å². The topological polar surface area (TPSA) is 37.4 Å². The second kappa shape index (κ2) is 6.29. The molecular formula is C19H10F3NO2. The van der Waals surface area contributed by atoms with Crippen LogP contribution in [0.1, 0.15) is 16.7 Å². The number of carbonyl (C=O) groups is 2. The SMILES string of the molecule is O=C1C=CC(=O)N1c1cccc(C#Cc2cccc(C(F)(F)F)c2)c1. The molecule has 1 aliphatic rings. The van der Waals surface area contributed by atoms with Crippen LogP contribution in [0.2, 0.25) is 0 Å². The second-order valence-electron chi connectivity index (χ2n) is 5.22. The van der Waals surface area contributed by atoms with Gasteiger partial charge in [0.1, 0.15) is 0 Å². The molecule has 124 valence electrons. The summed E-state index contributed by atoms with van der Waals surface area (Å²) in [7, 11) is 0. The normalized spacial score (nSPS) is 13.8. The average molecular weight is 341 g/mol. The zero-order valence-electron chi connectivity index (χ0n) is 12.7. The predicted molar refractivity (Wildman–Crippen MR) is 85.5 cm³/mol. The minimum Gasteiger partial charge on any atom is -0.269 e. The molecule has 0 aromatic heterocycles. The van der Waals surface area contributed by atoms with E-state index in [9.17, 15) is 22.8 Å². The number of anilines is 1. The Morgan fingerprint density at radius 1 is 0.800 bits per heavy atom. The molecule has 3 nitrogen and oxygen atoms in total. The fourth-order valence-electron chi connectivity index (χ4n) is 2.30. The molecule has 2 amide bonds. The number of carbonyl (C=O) groups excluding carboxylic acids is 2. The molecule has 0 aliphatic carbocycles. The third kappa shape index (κ3) is 3.61. The Labute approximate surface area is 141 Å².